The first-order valence-electron chi connectivity index (χ1n) is 2.83. The molecular formula is C5H9NO2S. The van der Waals surface area contributed by atoms with Gasteiger partial charge in [0, 0.05) is 18.2 Å². The highest BCUT2D eigenvalue weighted by molar-refractivity contribution is 7.81. The summed E-state index contributed by atoms with van der Waals surface area (Å²) >= 11 is 4.19. The summed E-state index contributed by atoms with van der Waals surface area (Å²) in [5.74, 6) is 0. The Bertz CT molecular complexity index is 109. The number of carbonyl (C=O) groups excluding carboxylic acids is 1. The van der Waals surface area contributed by atoms with Crippen LogP contribution < -0.4 is 5.32 Å². The van der Waals surface area contributed by atoms with E-state index in [4.69, 9.17) is 0 Å². The lowest BCUT2D eigenvalue weighted by atomic mass is 10.3. The molecule has 3 nitrogen and oxygen atoms in total. The first-order chi connectivity index (χ1) is 4.33. The number of ether oxygens (including phenoxy) is 1. The highest BCUT2D eigenvalue weighted by atomic mass is 32.1. The number of thiol groups is 1. The van der Waals surface area contributed by atoms with Crippen LogP contribution in [0.15, 0.2) is 0 Å². The number of carbonyl (C=O) groups is 1. The van der Waals surface area contributed by atoms with Crippen LogP contribution >= 0.6 is 12.6 Å². The molecule has 0 bridgehead atoms. The quantitative estimate of drug-likeness (QED) is 0.419. The standard InChI is InChI=1S/C5H9NO2S/c7-3-8-5-1-4(9)2-6-5/h3-6,9H,1-2H2. The lowest BCUT2D eigenvalue weighted by molar-refractivity contribution is -0.134. The highest BCUT2D eigenvalue weighted by Gasteiger charge is 2.21. The zero-order valence-electron chi connectivity index (χ0n) is 4.91. The first kappa shape index (κ1) is 6.89. The molecular weight excluding hydrogens is 138 g/mol. The molecule has 4 heteroatoms. The van der Waals surface area contributed by atoms with Gasteiger partial charge in [-0.3, -0.25) is 10.1 Å². The van der Waals surface area contributed by atoms with Crippen molar-refractivity contribution in [3.8, 4) is 0 Å². The van der Waals surface area contributed by atoms with E-state index in [0.29, 0.717) is 11.7 Å². The molecule has 0 saturated carbocycles. The van der Waals surface area contributed by atoms with Gasteiger partial charge in [-0.1, -0.05) is 0 Å². The van der Waals surface area contributed by atoms with Gasteiger partial charge < -0.3 is 4.74 Å². The lowest BCUT2D eigenvalue weighted by Gasteiger charge is -2.04. The van der Waals surface area contributed by atoms with Crippen molar-refractivity contribution in [3.05, 3.63) is 0 Å². The maximum atomic E-state index is 9.78. The molecule has 1 heterocycles. The largest absolute Gasteiger partial charge is 0.449 e. The molecule has 0 radical (unpaired) electrons. The summed E-state index contributed by atoms with van der Waals surface area (Å²) in [5.41, 5.74) is 0. The Kier molecular flexibility index (Phi) is 2.36. The van der Waals surface area contributed by atoms with Crippen molar-refractivity contribution in [2.45, 2.75) is 17.9 Å². The van der Waals surface area contributed by atoms with E-state index in [1.807, 2.05) is 0 Å². The van der Waals surface area contributed by atoms with Gasteiger partial charge in [0.25, 0.3) is 6.47 Å². The van der Waals surface area contributed by atoms with E-state index < -0.39 is 0 Å². The molecule has 1 fully saturated rings. The van der Waals surface area contributed by atoms with Crippen LogP contribution in [0.4, 0.5) is 0 Å². The van der Waals surface area contributed by atoms with Crippen molar-refractivity contribution < 1.29 is 9.53 Å². The maximum absolute atomic E-state index is 9.78. The molecule has 0 amide bonds. The van der Waals surface area contributed by atoms with Crippen molar-refractivity contribution in [2.75, 3.05) is 6.54 Å². The number of hydrogen-bond acceptors (Lipinski definition) is 4. The van der Waals surface area contributed by atoms with Crippen LogP contribution in [0.5, 0.6) is 0 Å². The predicted octanol–water partition coefficient (Wildman–Crippen LogP) is -0.223. The third-order valence-corrected chi connectivity index (χ3v) is 1.68. The smallest absolute Gasteiger partial charge is 0.294 e. The van der Waals surface area contributed by atoms with E-state index in [2.05, 4.69) is 22.7 Å². The van der Waals surface area contributed by atoms with Gasteiger partial charge in [-0.05, 0) is 0 Å². The second-order valence-corrected chi connectivity index (χ2v) is 2.75. The normalized spacial score (nSPS) is 34.3. The average Bonchev–Trinajstić information content (AvgIpc) is 2.17. The second-order valence-electron chi connectivity index (χ2n) is 2.02. The van der Waals surface area contributed by atoms with Crippen molar-refractivity contribution in [1.29, 1.82) is 0 Å². The van der Waals surface area contributed by atoms with Gasteiger partial charge in [0.15, 0.2) is 6.23 Å². The first-order valence-corrected chi connectivity index (χ1v) is 3.35. The van der Waals surface area contributed by atoms with Crippen LogP contribution in [0.3, 0.4) is 0 Å². The summed E-state index contributed by atoms with van der Waals surface area (Å²) < 4.78 is 4.63. The van der Waals surface area contributed by atoms with E-state index in [-0.39, 0.29) is 6.23 Å². The SMILES string of the molecule is O=COC1CC(S)CN1. The van der Waals surface area contributed by atoms with Crippen LogP contribution in [0.2, 0.25) is 0 Å². The van der Waals surface area contributed by atoms with Crippen molar-refractivity contribution in [1.82, 2.24) is 5.32 Å². The van der Waals surface area contributed by atoms with E-state index in [1.54, 1.807) is 0 Å². The molecule has 0 aromatic rings. The Morgan fingerprint density at radius 1 is 1.78 bits per heavy atom. The van der Waals surface area contributed by atoms with Crippen LogP contribution in [0, 0.1) is 0 Å². The third-order valence-electron chi connectivity index (χ3n) is 1.29. The monoisotopic (exact) mass is 147 g/mol. The molecule has 1 aliphatic heterocycles. The predicted molar refractivity (Wildman–Crippen MR) is 36.3 cm³/mol. The molecule has 0 aromatic carbocycles. The van der Waals surface area contributed by atoms with Crippen LogP contribution in [0.1, 0.15) is 6.42 Å². The number of nitrogens with one attached hydrogen (secondary N) is 1. The molecule has 0 aromatic heterocycles. The van der Waals surface area contributed by atoms with Gasteiger partial charge in [-0.25, -0.2) is 0 Å². The lowest BCUT2D eigenvalue weighted by Crippen LogP contribution is -2.23. The minimum atomic E-state index is -0.106. The Labute approximate surface area is 59.2 Å². The van der Waals surface area contributed by atoms with Gasteiger partial charge in [0.1, 0.15) is 0 Å². The Morgan fingerprint density at radius 3 is 3.00 bits per heavy atom. The average molecular weight is 147 g/mol. The highest BCUT2D eigenvalue weighted by Crippen LogP contribution is 2.11. The number of rotatable bonds is 2. The molecule has 2 unspecified atom stereocenters. The summed E-state index contributed by atoms with van der Waals surface area (Å²) in [6, 6.07) is 0. The van der Waals surface area contributed by atoms with Gasteiger partial charge in [0.2, 0.25) is 0 Å². The van der Waals surface area contributed by atoms with E-state index in [9.17, 15) is 4.79 Å². The molecule has 52 valence electrons. The molecule has 1 saturated heterocycles. The number of hydrogen-bond donors (Lipinski definition) is 2. The van der Waals surface area contributed by atoms with Crippen molar-refractivity contribution in [3.63, 3.8) is 0 Å². The van der Waals surface area contributed by atoms with Gasteiger partial charge in [-0.15, -0.1) is 0 Å². The molecule has 2 atom stereocenters. The Hall–Kier alpha value is -0.220. The van der Waals surface area contributed by atoms with Crippen molar-refractivity contribution >= 4 is 19.1 Å². The summed E-state index contributed by atoms with van der Waals surface area (Å²) in [5, 5.41) is 3.31. The summed E-state index contributed by atoms with van der Waals surface area (Å²) in [7, 11) is 0. The fourth-order valence-electron chi connectivity index (χ4n) is 0.852. The zero-order chi connectivity index (χ0) is 6.69. The molecule has 1 rings (SSSR count). The summed E-state index contributed by atoms with van der Waals surface area (Å²) in [6.45, 7) is 1.28. The third kappa shape index (κ3) is 1.87. The van der Waals surface area contributed by atoms with Crippen LogP contribution in [-0.2, 0) is 9.53 Å². The summed E-state index contributed by atoms with van der Waals surface area (Å²) in [4.78, 5) is 9.78. The van der Waals surface area contributed by atoms with Gasteiger partial charge in [0.05, 0.1) is 0 Å². The second kappa shape index (κ2) is 3.08. The van der Waals surface area contributed by atoms with E-state index in [1.165, 1.54) is 0 Å². The minimum absolute atomic E-state index is 0.106. The maximum Gasteiger partial charge on any atom is 0.294 e. The fraction of sp³-hybridized carbons (Fsp3) is 0.800. The van der Waals surface area contributed by atoms with Crippen molar-refractivity contribution in [2.24, 2.45) is 0 Å². The molecule has 9 heavy (non-hydrogen) atoms. The molecule has 0 spiro atoms. The van der Waals surface area contributed by atoms with Crippen LogP contribution in [0.25, 0.3) is 0 Å². The summed E-state index contributed by atoms with van der Waals surface area (Å²) in [6.07, 6.45) is 0.701. The van der Waals surface area contributed by atoms with E-state index in [0.717, 1.165) is 13.0 Å². The fourth-order valence-corrected chi connectivity index (χ4v) is 1.15. The molecule has 1 N–H and O–H groups in total. The van der Waals surface area contributed by atoms with Crippen LogP contribution in [-0.4, -0.2) is 24.5 Å². The van der Waals surface area contributed by atoms with Gasteiger partial charge in [-0.2, -0.15) is 12.6 Å². The van der Waals surface area contributed by atoms with Gasteiger partial charge >= 0.3 is 0 Å². The zero-order valence-corrected chi connectivity index (χ0v) is 5.80. The van der Waals surface area contributed by atoms with E-state index >= 15 is 0 Å². The topological polar surface area (TPSA) is 38.3 Å². The Morgan fingerprint density at radius 2 is 2.56 bits per heavy atom. The minimum Gasteiger partial charge on any atom is -0.449 e. The Balaban J connectivity index is 2.21. The molecule has 0 aliphatic carbocycles. The molecule has 1 aliphatic rings.